The summed E-state index contributed by atoms with van der Waals surface area (Å²) in [5, 5.41) is 7.83. The normalized spacial score (nSPS) is 12.5. The maximum Gasteiger partial charge on any atom is 0.126 e. The second kappa shape index (κ2) is 6.85. The number of benzene rings is 1. The van der Waals surface area contributed by atoms with Crippen molar-refractivity contribution in [1.29, 1.82) is 5.41 Å². The van der Waals surface area contributed by atoms with Gasteiger partial charge in [-0.25, -0.2) is 0 Å². The Morgan fingerprint density at radius 1 is 1.37 bits per heavy atom. The first-order valence-electron chi connectivity index (χ1n) is 6.62. The molecule has 0 saturated heterocycles. The molecule has 1 rings (SSSR count). The number of hydrogen-bond donors (Lipinski definition) is 2. The van der Waals surface area contributed by atoms with Gasteiger partial charge in [-0.3, -0.25) is 5.41 Å². The number of amidine groups is 1. The topological polar surface area (TPSA) is 53.1 Å². The summed E-state index contributed by atoms with van der Waals surface area (Å²) >= 11 is 1.63. The molecule has 0 saturated carbocycles. The summed E-state index contributed by atoms with van der Waals surface area (Å²) in [5.41, 5.74) is 7.68. The van der Waals surface area contributed by atoms with Gasteiger partial charge < -0.3 is 10.6 Å². The van der Waals surface area contributed by atoms with Crippen LogP contribution in [0, 0.1) is 11.3 Å². The molecule has 0 aliphatic rings. The zero-order valence-corrected chi connectivity index (χ0v) is 13.3. The minimum absolute atomic E-state index is 0.142. The lowest BCUT2D eigenvalue weighted by Crippen LogP contribution is -2.32. The third-order valence-electron chi connectivity index (χ3n) is 3.35. The van der Waals surface area contributed by atoms with Crippen molar-refractivity contribution in [3.8, 4) is 0 Å². The van der Waals surface area contributed by atoms with E-state index >= 15 is 0 Å². The first kappa shape index (κ1) is 15.9. The van der Waals surface area contributed by atoms with E-state index in [0.717, 1.165) is 22.6 Å². The second-order valence-corrected chi connectivity index (χ2v) is 6.21. The lowest BCUT2D eigenvalue weighted by Gasteiger charge is -2.30. The van der Waals surface area contributed by atoms with E-state index in [4.69, 9.17) is 11.1 Å². The number of nitrogens with two attached hydrogens (primary N) is 1. The van der Waals surface area contributed by atoms with Gasteiger partial charge in [0.1, 0.15) is 5.84 Å². The van der Waals surface area contributed by atoms with E-state index in [-0.39, 0.29) is 5.84 Å². The third-order valence-corrected chi connectivity index (χ3v) is 4.13. The third kappa shape index (κ3) is 3.90. The highest BCUT2D eigenvalue weighted by molar-refractivity contribution is 7.98. The fourth-order valence-electron chi connectivity index (χ4n) is 2.33. The smallest absolute Gasteiger partial charge is 0.126 e. The molecule has 0 heterocycles. The number of nitrogens with zero attached hydrogens (tertiary/aromatic N) is 1. The Labute approximate surface area is 121 Å². The van der Waals surface area contributed by atoms with Gasteiger partial charge in [0.05, 0.1) is 5.56 Å². The van der Waals surface area contributed by atoms with Crippen molar-refractivity contribution in [3.63, 3.8) is 0 Å². The van der Waals surface area contributed by atoms with Gasteiger partial charge >= 0.3 is 0 Å². The molecule has 0 radical (unpaired) electrons. The molecule has 0 aliphatic heterocycles. The van der Waals surface area contributed by atoms with Crippen LogP contribution in [0.1, 0.15) is 32.8 Å². The Kier molecular flexibility index (Phi) is 5.73. The summed E-state index contributed by atoms with van der Waals surface area (Å²) < 4.78 is 0. The van der Waals surface area contributed by atoms with E-state index in [0.29, 0.717) is 12.0 Å². The molecule has 4 heteroatoms. The summed E-state index contributed by atoms with van der Waals surface area (Å²) in [4.78, 5) is 3.30. The highest BCUT2D eigenvalue weighted by Crippen LogP contribution is 2.30. The molecule has 0 aliphatic carbocycles. The summed E-state index contributed by atoms with van der Waals surface area (Å²) in [6, 6.07) is 6.53. The van der Waals surface area contributed by atoms with Crippen LogP contribution >= 0.6 is 11.8 Å². The quantitative estimate of drug-likeness (QED) is 0.475. The van der Waals surface area contributed by atoms with Crippen molar-refractivity contribution >= 4 is 23.3 Å². The van der Waals surface area contributed by atoms with Gasteiger partial charge in [-0.15, -0.1) is 11.8 Å². The molecular formula is C15H25N3S. The van der Waals surface area contributed by atoms with Gasteiger partial charge in [0.15, 0.2) is 0 Å². The Balaban J connectivity index is 3.15. The fraction of sp³-hybridized carbons (Fsp3) is 0.533. The van der Waals surface area contributed by atoms with Crippen LogP contribution in [0.25, 0.3) is 0 Å². The molecule has 3 nitrogen and oxygen atoms in total. The summed E-state index contributed by atoms with van der Waals surface area (Å²) in [6.07, 6.45) is 3.14. The van der Waals surface area contributed by atoms with Gasteiger partial charge in [-0.1, -0.05) is 19.9 Å². The predicted octanol–water partition coefficient (Wildman–Crippen LogP) is 3.56. The average molecular weight is 279 g/mol. The molecule has 1 aromatic rings. The van der Waals surface area contributed by atoms with Crippen LogP contribution in [-0.2, 0) is 0 Å². The van der Waals surface area contributed by atoms with Crippen molar-refractivity contribution in [2.45, 2.75) is 38.1 Å². The zero-order valence-electron chi connectivity index (χ0n) is 12.5. The van der Waals surface area contributed by atoms with Crippen molar-refractivity contribution in [2.75, 3.05) is 18.2 Å². The zero-order chi connectivity index (χ0) is 14.6. The number of rotatable bonds is 6. The molecule has 1 atom stereocenters. The van der Waals surface area contributed by atoms with E-state index in [1.54, 1.807) is 11.8 Å². The number of thioether (sulfide) groups is 1. The lowest BCUT2D eigenvalue weighted by molar-refractivity contribution is 0.504. The predicted molar refractivity (Wildman–Crippen MR) is 86.6 cm³/mol. The van der Waals surface area contributed by atoms with E-state index in [1.807, 2.05) is 24.5 Å². The Morgan fingerprint density at radius 2 is 2.00 bits per heavy atom. The number of anilines is 1. The van der Waals surface area contributed by atoms with Gasteiger partial charge in [-0.05, 0) is 37.7 Å². The molecule has 1 aromatic carbocycles. The van der Waals surface area contributed by atoms with Crippen LogP contribution in [0.4, 0.5) is 5.69 Å². The fourth-order valence-corrected chi connectivity index (χ4v) is 2.97. The van der Waals surface area contributed by atoms with Crippen LogP contribution in [0.3, 0.4) is 0 Å². The first-order chi connectivity index (χ1) is 8.88. The Morgan fingerprint density at radius 3 is 2.47 bits per heavy atom. The van der Waals surface area contributed by atoms with E-state index < -0.39 is 0 Å². The van der Waals surface area contributed by atoms with Gasteiger partial charge in [0, 0.05) is 23.7 Å². The monoisotopic (exact) mass is 279 g/mol. The molecule has 19 heavy (non-hydrogen) atoms. The van der Waals surface area contributed by atoms with E-state index in [2.05, 4.69) is 32.7 Å². The largest absolute Gasteiger partial charge is 0.384 e. The van der Waals surface area contributed by atoms with Crippen molar-refractivity contribution < 1.29 is 0 Å². The van der Waals surface area contributed by atoms with Crippen molar-refractivity contribution in [2.24, 2.45) is 11.7 Å². The van der Waals surface area contributed by atoms with Crippen molar-refractivity contribution in [3.05, 3.63) is 23.8 Å². The highest BCUT2D eigenvalue weighted by atomic mass is 32.2. The maximum absolute atomic E-state index is 7.83. The maximum atomic E-state index is 7.83. The summed E-state index contributed by atoms with van der Waals surface area (Å²) in [6.45, 7) is 6.68. The molecule has 0 aromatic heterocycles. The molecule has 1 unspecified atom stereocenters. The first-order valence-corrected chi connectivity index (χ1v) is 7.85. The molecule has 106 valence electrons. The number of hydrogen-bond acceptors (Lipinski definition) is 3. The average Bonchev–Trinajstić information content (AvgIpc) is 2.35. The minimum Gasteiger partial charge on any atom is -0.384 e. The van der Waals surface area contributed by atoms with Crippen LogP contribution in [0.2, 0.25) is 0 Å². The van der Waals surface area contributed by atoms with Crippen molar-refractivity contribution in [1.82, 2.24) is 0 Å². The summed E-state index contributed by atoms with van der Waals surface area (Å²) in [7, 11) is 2.08. The van der Waals surface area contributed by atoms with E-state index in [9.17, 15) is 0 Å². The van der Waals surface area contributed by atoms with E-state index in [1.165, 1.54) is 0 Å². The molecular weight excluding hydrogens is 254 g/mol. The molecule has 3 N–H and O–H groups in total. The van der Waals surface area contributed by atoms with Crippen LogP contribution in [0.5, 0.6) is 0 Å². The molecule has 0 bridgehead atoms. The van der Waals surface area contributed by atoms with Gasteiger partial charge in [-0.2, -0.15) is 0 Å². The molecule has 0 spiro atoms. The molecule has 0 amide bonds. The van der Waals surface area contributed by atoms with Crippen LogP contribution < -0.4 is 10.6 Å². The second-order valence-electron chi connectivity index (χ2n) is 5.36. The highest BCUT2D eigenvalue weighted by Gasteiger charge is 2.18. The number of nitrogen functional groups attached to an aromatic ring is 1. The van der Waals surface area contributed by atoms with Gasteiger partial charge in [0.2, 0.25) is 0 Å². The SMILES string of the molecule is CSc1cccc(N(C)C(C)CC(C)C)c1C(=N)N. The van der Waals surface area contributed by atoms with Crippen LogP contribution in [0.15, 0.2) is 23.1 Å². The Bertz CT molecular complexity index is 443. The Hall–Kier alpha value is -1.16. The lowest BCUT2D eigenvalue weighted by atomic mass is 10.0. The molecule has 0 fully saturated rings. The van der Waals surface area contributed by atoms with Crippen LogP contribution in [-0.4, -0.2) is 25.2 Å². The summed E-state index contributed by atoms with van der Waals surface area (Å²) in [5.74, 6) is 0.797. The van der Waals surface area contributed by atoms with Gasteiger partial charge in [0.25, 0.3) is 0 Å². The standard InChI is InChI=1S/C15H25N3S/c1-10(2)9-11(3)18(4)12-7-6-8-13(19-5)14(12)15(16)17/h6-8,10-11H,9H2,1-5H3,(H3,16,17). The number of nitrogens with one attached hydrogen (secondary N) is 1. The minimum atomic E-state index is 0.142.